The number of hydrogen-bond acceptors (Lipinski definition) is 5. The van der Waals surface area contributed by atoms with E-state index in [1.165, 1.54) is 11.0 Å². The first kappa shape index (κ1) is 17.6. The topological polar surface area (TPSA) is 110 Å². The highest BCUT2D eigenvalue weighted by atomic mass is 19.1. The molecule has 9 heteroatoms. The molecule has 0 aromatic heterocycles. The first-order valence-electron chi connectivity index (χ1n) is 7.40. The van der Waals surface area contributed by atoms with Crippen molar-refractivity contribution in [1.82, 2.24) is 4.90 Å². The molecule has 1 heterocycles. The van der Waals surface area contributed by atoms with Gasteiger partial charge in [-0.25, -0.2) is 0 Å². The SMILES string of the molecule is C[C@@H]1[C@H](C(=O)O)CCCN1C(=O)COc1ccc([N+](=O)[O-])c(F)c1. The molecule has 2 rings (SSSR count). The number of carboxylic acids is 1. The lowest BCUT2D eigenvalue weighted by atomic mass is 9.90. The van der Waals surface area contributed by atoms with Crippen molar-refractivity contribution in [3.8, 4) is 5.75 Å². The fourth-order valence-corrected chi connectivity index (χ4v) is 2.78. The quantitative estimate of drug-likeness (QED) is 0.647. The first-order valence-corrected chi connectivity index (χ1v) is 7.40. The molecule has 1 saturated heterocycles. The highest BCUT2D eigenvalue weighted by Gasteiger charge is 2.35. The van der Waals surface area contributed by atoms with Gasteiger partial charge in [0.1, 0.15) is 5.75 Å². The monoisotopic (exact) mass is 340 g/mol. The fourth-order valence-electron chi connectivity index (χ4n) is 2.78. The third-order valence-electron chi connectivity index (χ3n) is 4.10. The first-order chi connectivity index (χ1) is 11.3. The number of carbonyl (C=O) groups is 2. The molecule has 0 saturated carbocycles. The van der Waals surface area contributed by atoms with Crippen LogP contribution < -0.4 is 4.74 Å². The molecular formula is C15H17FN2O6. The van der Waals surface area contributed by atoms with Crippen molar-refractivity contribution in [2.24, 2.45) is 5.92 Å². The Hall–Kier alpha value is -2.71. The van der Waals surface area contributed by atoms with Gasteiger partial charge >= 0.3 is 11.7 Å². The predicted molar refractivity (Wildman–Crippen MR) is 80.1 cm³/mol. The molecule has 2 atom stereocenters. The summed E-state index contributed by atoms with van der Waals surface area (Å²) < 4.78 is 18.7. The highest BCUT2D eigenvalue weighted by molar-refractivity contribution is 5.80. The number of hydrogen-bond donors (Lipinski definition) is 1. The van der Waals surface area contributed by atoms with E-state index in [1.807, 2.05) is 0 Å². The summed E-state index contributed by atoms with van der Waals surface area (Å²) in [5.74, 6) is -3.04. The van der Waals surface area contributed by atoms with Crippen LogP contribution in [0.5, 0.6) is 5.75 Å². The number of carboxylic acid groups (broad SMARTS) is 1. The molecule has 0 unspecified atom stereocenters. The average Bonchev–Trinajstić information content (AvgIpc) is 2.52. The van der Waals surface area contributed by atoms with Gasteiger partial charge in [-0.1, -0.05) is 0 Å². The molecule has 1 N–H and O–H groups in total. The summed E-state index contributed by atoms with van der Waals surface area (Å²) >= 11 is 0. The van der Waals surface area contributed by atoms with Gasteiger partial charge < -0.3 is 14.7 Å². The zero-order chi connectivity index (χ0) is 17.9. The molecule has 1 aromatic rings. The zero-order valence-corrected chi connectivity index (χ0v) is 13.0. The largest absolute Gasteiger partial charge is 0.484 e. The van der Waals surface area contributed by atoms with E-state index in [1.54, 1.807) is 6.92 Å². The van der Waals surface area contributed by atoms with Crippen LogP contribution in [0.15, 0.2) is 18.2 Å². The van der Waals surface area contributed by atoms with Gasteiger partial charge in [-0.15, -0.1) is 0 Å². The normalized spacial score (nSPS) is 20.5. The van der Waals surface area contributed by atoms with Crippen LogP contribution in [0.1, 0.15) is 19.8 Å². The highest BCUT2D eigenvalue weighted by Crippen LogP contribution is 2.25. The van der Waals surface area contributed by atoms with E-state index in [9.17, 15) is 24.1 Å². The molecule has 130 valence electrons. The number of amides is 1. The lowest BCUT2D eigenvalue weighted by Crippen LogP contribution is -2.50. The van der Waals surface area contributed by atoms with Crippen molar-refractivity contribution < 1.29 is 28.7 Å². The van der Waals surface area contributed by atoms with Crippen molar-refractivity contribution >= 4 is 17.6 Å². The minimum atomic E-state index is -1.05. The second-order valence-electron chi connectivity index (χ2n) is 5.57. The second-order valence-corrected chi connectivity index (χ2v) is 5.57. The van der Waals surface area contributed by atoms with E-state index in [2.05, 4.69) is 0 Å². The Kier molecular flexibility index (Phi) is 5.32. The van der Waals surface area contributed by atoms with Gasteiger partial charge in [0.05, 0.1) is 10.8 Å². The number of nitro groups is 1. The number of nitrogens with zero attached hydrogens (tertiary/aromatic N) is 2. The van der Waals surface area contributed by atoms with Crippen LogP contribution in [0.3, 0.4) is 0 Å². The molecule has 0 bridgehead atoms. The number of benzene rings is 1. The third kappa shape index (κ3) is 3.79. The van der Waals surface area contributed by atoms with Gasteiger partial charge in [0.15, 0.2) is 6.61 Å². The number of likely N-dealkylation sites (tertiary alicyclic amines) is 1. The van der Waals surface area contributed by atoms with E-state index in [0.717, 1.165) is 12.1 Å². The number of carbonyl (C=O) groups excluding carboxylic acids is 1. The lowest BCUT2D eigenvalue weighted by molar-refractivity contribution is -0.387. The number of aliphatic carboxylic acids is 1. The maximum Gasteiger partial charge on any atom is 0.308 e. The molecule has 1 aromatic carbocycles. The van der Waals surface area contributed by atoms with Crippen molar-refractivity contribution in [2.75, 3.05) is 13.2 Å². The van der Waals surface area contributed by atoms with Crippen LogP contribution in [0, 0.1) is 21.8 Å². The van der Waals surface area contributed by atoms with E-state index in [-0.39, 0.29) is 5.75 Å². The van der Waals surface area contributed by atoms with E-state index < -0.39 is 46.9 Å². The maximum atomic E-state index is 13.5. The van der Waals surface area contributed by atoms with Crippen molar-refractivity contribution in [1.29, 1.82) is 0 Å². The lowest BCUT2D eigenvalue weighted by Gasteiger charge is -2.37. The molecule has 8 nitrogen and oxygen atoms in total. The number of rotatable bonds is 5. The minimum absolute atomic E-state index is 0.00843. The van der Waals surface area contributed by atoms with Crippen LogP contribution in [0.25, 0.3) is 0 Å². The Balaban J connectivity index is 1.99. The standard InChI is InChI=1S/C15H17FN2O6/c1-9-11(15(20)21)3-2-6-17(9)14(19)8-24-10-4-5-13(18(22)23)12(16)7-10/h4-5,7,9,11H,2-3,6,8H2,1H3,(H,20,21)/t9-,11-/m1/s1. The Morgan fingerprint density at radius 1 is 1.50 bits per heavy atom. The molecule has 1 aliphatic rings. The fraction of sp³-hybridized carbons (Fsp3) is 0.467. The zero-order valence-electron chi connectivity index (χ0n) is 13.0. The van der Waals surface area contributed by atoms with E-state index >= 15 is 0 Å². The molecule has 0 spiro atoms. The summed E-state index contributed by atoms with van der Waals surface area (Å²) in [6.07, 6.45) is 1.09. The average molecular weight is 340 g/mol. The van der Waals surface area contributed by atoms with E-state index in [4.69, 9.17) is 9.84 Å². The van der Waals surface area contributed by atoms with Crippen LogP contribution >= 0.6 is 0 Å². The van der Waals surface area contributed by atoms with Crippen molar-refractivity contribution in [2.45, 2.75) is 25.8 Å². The van der Waals surface area contributed by atoms with Gasteiger partial charge in [0, 0.05) is 24.7 Å². The second kappa shape index (κ2) is 7.24. The molecular weight excluding hydrogens is 323 g/mol. The Labute approximate surface area is 137 Å². The van der Waals surface area contributed by atoms with Gasteiger partial charge in [-0.3, -0.25) is 19.7 Å². The molecule has 1 aliphatic heterocycles. The minimum Gasteiger partial charge on any atom is -0.484 e. The van der Waals surface area contributed by atoms with E-state index in [0.29, 0.717) is 19.4 Å². The van der Waals surface area contributed by atoms with Crippen LogP contribution in [0.4, 0.5) is 10.1 Å². The smallest absolute Gasteiger partial charge is 0.308 e. The van der Waals surface area contributed by atoms with Crippen LogP contribution in [-0.2, 0) is 9.59 Å². The van der Waals surface area contributed by atoms with Crippen LogP contribution in [-0.4, -0.2) is 46.0 Å². The molecule has 0 radical (unpaired) electrons. The molecule has 0 aliphatic carbocycles. The van der Waals surface area contributed by atoms with Crippen molar-refractivity contribution in [3.05, 3.63) is 34.1 Å². The number of halogens is 1. The summed E-state index contributed by atoms with van der Waals surface area (Å²) in [7, 11) is 0. The summed E-state index contributed by atoms with van der Waals surface area (Å²) in [5.41, 5.74) is -0.678. The van der Waals surface area contributed by atoms with Gasteiger partial charge in [0.25, 0.3) is 5.91 Å². The molecule has 1 amide bonds. The van der Waals surface area contributed by atoms with Crippen molar-refractivity contribution in [3.63, 3.8) is 0 Å². The summed E-state index contributed by atoms with van der Waals surface area (Å²) in [6, 6.07) is 2.54. The van der Waals surface area contributed by atoms with Gasteiger partial charge in [-0.2, -0.15) is 4.39 Å². The number of nitro benzene ring substituents is 1. The van der Waals surface area contributed by atoms with Gasteiger partial charge in [-0.05, 0) is 25.8 Å². The molecule has 24 heavy (non-hydrogen) atoms. The number of ether oxygens (including phenoxy) is 1. The summed E-state index contributed by atoms with van der Waals surface area (Å²) in [6.45, 7) is 1.71. The Morgan fingerprint density at radius 2 is 2.21 bits per heavy atom. The maximum absolute atomic E-state index is 13.5. The van der Waals surface area contributed by atoms with Gasteiger partial charge in [0.2, 0.25) is 5.82 Å². The Bertz CT molecular complexity index is 665. The summed E-state index contributed by atoms with van der Waals surface area (Å²) in [4.78, 5) is 34.5. The summed E-state index contributed by atoms with van der Waals surface area (Å²) in [5, 5.41) is 19.7. The molecule has 1 fully saturated rings. The Morgan fingerprint density at radius 3 is 2.79 bits per heavy atom. The third-order valence-corrected chi connectivity index (χ3v) is 4.10. The predicted octanol–water partition coefficient (Wildman–Crippen LogP) is 1.82. The van der Waals surface area contributed by atoms with Crippen LogP contribution in [0.2, 0.25) is 0 Å². The number of piperidine rings is 1.